The lowest BCUT2D eigenvalue weighted by Crippen LogP contribution is -2.02. The Kier molecular flexibility index (Phi) is 2.97. The Bertz CT molecular complexity index is 736. The Morgan fingerprint density at radius 1 is 1.32 bits per heavy atom. The van der Waals surface area contributed by atoms with Crippen LogP contribution in [0.15, 0.2) is 41.1 Å². The van der Waals surface area contributed by atoms with Gasteiger partial charge in [-0.1, -0.05) is 16.8 Å². The molecule has 0 spiro atoms. The van der Waals surface area contributed by atoms with Gasteiger partial charge in [0.15, 0.2) is 5.76 Å². The van der Waals surface area contributed by atoms with E-state index in [9.17, 15) is 0 Å². The van der Waals surface area contributed by atoms with Crippen LogP contribution in [-0.4, -0.2) is 10.1 Å². The summed E-state index contributed by atoms with van der Waals surface area (Å²) in [5.74, 6) is 0.647. The third kappa shape index (κ3) is 2.09. The Morgan fingerprint density at radius 3 is 2.89 bits per heavy atom. The number of pyridine rings is 1. The Morgan fingerprint density at radius 2 is 2.16 bits per heavy atom. The van der Waals surface area contributed by atoms with Gasteiger partial charge in [-0.05, 0) is 31.2 Å². The lowest BCUT2D eigenvalue weighted by molar-refractivity contribution is 0.369. The van der Waals surface area contributed by atoms with E-state index in [1.807, 2.05) is 37.3 Å². The Hall–Kier alpha value is -1.91. The van der Waals surface area contributed by atoms with Crippen molar-refractivity contribution in [3.63, 3.8) is 0 Å². The van der Waals surface area contributed by atoms with Crippen molar-refractivity contribution in [3.8, 4) is 11.3 Å². The summed E-state index contributed by atoms with van der Waals surface area (Å²) in [6.45, 7) is 1.85. The van der Waals surface area contributed by atoms with Crippen molar-refractivity contribution >= 4 is 22.5 Å². The van der Waals surface area contributed by atoms with Gasteiger partial charge in [-0.3, -0.25) is 4.98 Å². The first-order valence-electron chi connectivity index (χ1n) is 5.92. The maximum atomic E-state index is 6.17. The number of hydrogen-bond donors (Lipinski definition) is 1. The molecule has 19 heavy (non-hydrogen) atoms. The van der Waals surface area contributed by atoms with E-state index >= 15 is 0 Å². The molecule has 1 aromatic carbocycles. The smallest absolute Gasteiger partial charge is 0.153 e. The van der Waals surface area contributed by atoms with Gasteiger partial charge < -0.3 is 10.3 Å². The Balaban J connectivity index is 2.22. The lowest BCUT2D eigenvalue weighted by atomic mass is 10.1. The molecular formula is C14H12ClN3O. The summed E-state index contributed by atoms with van der Waals surface area (Å²) in [5.41, 5.74) is 8.18. The number of nitrogens with two attached hydrogens (primary N) is 1. The molecule has 0 aliphatic heterocycles. The van der Waals surface area contributed by atoms with Crippen LogP contribution in [0, 0.1) is 0 Å². The Labute approximate surface area is 115 Å². The highest BCUT2D eigenvalue weighted by molar-refractivity contribution is 6.35. The highest BCUT2D eigenvalue weighted by atomic mass is 35.5. The van der Waals surface area contributed by atoms with Crippen molar-refractivity contribution in [2.75, 3.05) is 0 Å². The molecule has 0 aliphatic carbocycles. The molecular weight excluding hydrogens is 262 g/mol. The first-order valence-corrected chi connectivity index (χ1v) is 6.30. The van der Waals surface area contributed by atoms with Gasteiger partial charge in [-0.25, -0.2) is 0 Å². The highest BCUT2D eigenvalue weighted by Crippen LogP contribution is 2.31. The topological polar surface area (TPSA) is 64.9 Å². The SMILES string of the molecule is CC(N)c1cc(-c2ccc(Cl)c3cccnc23)no1. The monoisotopic (exact) mass is 273 g/mol. The summed E-state index contributed by atoms with van der Waals surface area (Å²) in [6.07, 6.45) is 1.73. The lowest BCUT2D eigenvalue weighted by Gasteiger charge is -2.03. The highest BCUT2D eigenvalue weighted by Gasteiger charge is 2.13. The fraction of sp³-hybridized carbons (Fsp3) is 0.143. The largest absolute Gasteiger partial charge is 0.359 e. The average Bonchev–Trinajstić information content (AvgIpc) is 2.89. The number of benzene rings is 1. The molecule has 2 N–H and O–H groups in total. The van der Waals surface area contributed by atoms with E-state index in [1.54, 1.807) is 6.20 Å². The van der Waals surface area contributed by atoms with E-state index in [-0.39, 0.29) is 6.04 Å². The quantitative estimate of drug-likeness (QED) is 0.775. The van der Waals surface area contributed by atoms with Gasteiger partial charge in [-0.15, -0.1) is 0 Å². The van der Waals surface area contributed by atoms with Gasteiger partial charge in [0.25, 0.3) is 0 Å². The van der Waals surface area contributed by atoms with E-state index in [0.717, 1.165) is 16.5 Å². The fourth-order valence-electron chi connectivity index (χ4n) is 1.98. The van der Waals surface area contributed by atoms with Gasteiger partial charge in [0.2, 0.25) is 0 Å². The molecule has 3 aromatic rings. The molecule has 0 saturated carbocycles. The van der Waals surface area contributed by atoms with E-state index in [4.69, 9.17) is 21.9 Å². The van der Waals surface area contributed by atoms with Gasteiger partial charge >= 0.3 is 0 Å². The van der Waals surface area contributed by atoms with Crippen LogP contribution in [0.2, 0.25) is 5.02 Å². The van der Waals surface area contributed by atoms with Crippen LogP contribution in [0.25, 0.3) is 22.2 Å². The number of fused-ring (bicyclic) bond motifs is 1. The van der Waals surface area contributed by atoms with Crippen molar-refractivity contribution < 1.29 is 4.52 Å². The van der Waals surface area contributed by atoms with Crippen LogP contribution in [0.5, 0.6) is 0 Å². The molecule has 0 radical (unpaired) electrons. The van der Waals surface area contributed by atoms with Gasteiger partial charge in [0.05, 0.1) is 16.6 Å². The summed E-state index contributed by atoms with van der Waals surface area (Å²) in [7, 11) is 0. The summed E-state index contributed by atoms with van der Waals surface area (Å²) >= 11 is 6.17. The normalized spacial score (nSPS) is 12.8. The molecule has 2 aromatic heterocycles. The first-order chi connectivity index (χ1) is 9.16. The second-order valence-electron chi connectivity index (χ2n) is 4.40. The van der Waals surface area contributed by atoms with Gasteiger partial charge in [-0.2, -0.15) is 0 Å². The number of rotatable bonds is 2. The van der Waals surface area contributed by atoms with E-state index < -0.39 is 0 Å². The summed E-state index contributed by atoms with van der Waals surface area (Å²) < 4.78 is 5.22. The predicted octanol–water partition coefficient (Wildman–Crippen LogP) is 3.56. The van der Waals surface area contributed by atoms with E-state index in [1.165, 1.54) is 0 Å². The van der Waals surface area contributed by atoms with Crippen LogP contribution >= 0.6 is 11.6 Å². The van der Waals surface area contributed by atoms with Crippen LogP contribution in [0.1, 0.15) is 18.7 Å². The molecule has 1 unspecified atom stereocenters. The van der Waals surface area contributed by atoms with Crippen molar-refractivity contribution in [2.24, 2.45) is 5.73 Å². The van der Waals surface area contributed by atoms with Crippen molar-refractivity contribution in [1.29, 1.82) is 0 Å². The number of hydrogen-bond acceptors (Lipinski definition) is 4. The third-order valence-electron chi connectivity index (χ3n) is 2.97. The number of aromatic nitrogens is 2. The first kappa shape index (κ1) is 12.1. The number of nitrogens with zero attached hydrogens (tertiary/aromatic N) is 2. The molecule has 5 heteroatoms. The molecule has 0 saturated heterocycles. The minimum Gasteiger partial charge on any atom is -0.359 e. The zero-order chi connectivity index (χ0) is 13.4. The molecule has 0 aliphatic rings. The van der Waals surface area contributed by atoms with Gasteiger partial charge in [0, 0.05) is 23.2 Å². The second-order valence-corrected chi connectivity index (χ2v) is 4.80. The minimum atomic E-state index is -0.187. The van der Waals surface area contributed by atoms with Crippen molar-refractivity contribution in [3.05, 3.63) is 47.3 Å². The van der Waals surface area contributed by atoms with Gasteiger partial charge in [0.1, 0.15) is 5.69 Å². The number of halogens is 1. The van der Waals surface area contributed by atoms with Crippen LogP contribution < -0.4 is 5.73 Å². The predicted molar refractivity (Wildman–Crippen MR) is 74.9 cm³/mol. The van der Waals surface area contributed by atoms with Crippen LogP contribution in [-0.2, 0) is 0 Å². The van der Waals surface area contributed by atoms with Crippen LogP contribution in [0.3, 0.4) is 0 Å². The zero-order valence-electron chi connectivity index (χ0n) is 10.3. The van der Waals surface area contributed by atoms with E-state index in [2.05, 4.69) is 10.1 Å². The third-order valence-corrected chi connectivity index (χ3v) is 3.30. The maximum Gasteiger partial charge on any atom is 0.153 e. The summed E-state index contributed by atoms with van der Waals surface area (Å²) in [4.78, 5) is 4.38. The average molecular weight is 274 g/mol. The minimum absolute atomic E-state index is 0.187. The molecule has 2 heterocycles. The molecule has 0 fully saturated rings. The van der Waals surface area contributed by atoms with Crippen LogP contribution in [0.4, 0.5) is 0 Å². The zero-order valence-corrected chi connectivity index (χ0v) is 11.1. The molecule has 0 amide bonds. The van der Waals surface area contributed by atoms with Crippen molar-refractivity contribution in [1.82, 2.24) is 10.1 Å². The van der Waals surface area contributed by atoms with Crippen molar-refractivity contribution in [2.45, 2.75) is 13.0 Å². The molecule has 96 valence electrons. The summed E-state index contributed by atoms with van der Waals surface area (Å²) in [5, 5.41) is 5.61. The second kappa shape index (κ2) is 4.64. The molecule has 3 rings (SSSR count). The summed E-state index contributed by atoms with van der Waals surface area (Å²) in [6, 6.07) is 9.16. The molecule has 0 bridgehead atoms. The fourth-order valence-corrected chi connectivity index (χ4v) is 2.19. The van der Waals surface area contributed by atoms with E-state index in [0.29, 0.717) is 16.5 Å². The molecule has 1 atom stereocenters. The molecule has 4 nitrogen and oxygen atoms in total. The standard InChI is InChI=1S/C14H12ClN3O/c1-8(16)13-7-12(18-19-13)10-4-5-11(15)9-3-2-6-17-14(9)10/h2-8H,16H2,1H3. The maximum absolute atomic E-state index is 6.17.